The Morgan fingerprint density at radius 2 is 2.11 bits per heavy atom. The molecule has 0 bridgehead atoms. The number of nitrogens with one attached hydrogen (secondary N) is 1. The van der Waals surface area contributed by atoms with E-state index in [0.29, 0.717) is 23.0 Å². The molecule has 2 fully saturated rings. The SMILES string of the molecule is CCc1cc2c(cc1O)CCC1C2CC[C@@]2(C)C1CC[C@@H]2Cc1nnn[nH]1. The first-order valence-corrected chi connectivity index (χ1v) is 10.7. The van der Waals surface area contributed by atoms with Crippen LogP contribution in [-0.4, -0.2) is 25.7 Å². The van der Waals surface area contributed by atoms with E-state index in [0.717, 1.165) is 42.5 Å². The van der Waals surface area contributed by atoms with Crippen molar-refractivity contribution in [3.8, 4) is 5.75 Å². The van der Waals surface area contributed by atoms with Gasteiger partial charge in [0.25, 0.3) is 0 Å². The lowest BCUT2D eigenvalue weighted by Crippen LogP contribution is -2.42. The summed E-state index contributed by atoms with van der Waals surface area (Å²) < 4.78 is 0. The monoisotopic (exact) mass is 366 g/mol. The molecular weight excluding hydrogens is 336 g/mol. The van der Waals surface area contributed by atoms with Crippen LogP contribution in [0.1, 0.15) is 74.4 Å². The normalized spacial score (nSPS) is 34.7. The smallest absolute Gasteiger partial charge is 0.148 e. The summed E-state index contributed by atoms with van der Waals surface area (Å²) >= 11 is 0. The summed E-state index contributed by atoms with van der Waals surface area (Å²) in [5, 5.41) is 24.9. The van der Waals surface area contributed by atoms with Crippen LogP contribution in [-0.2, 0) is 19.3 Å². The highest BCUT2D eigenvalue weighted by atomic mass is 16.3. The fraction of sp³-hybridized carbons (Fsp3) is 0.682. The number of nitrogens with zero attached hydrogens (tertiary/aromatic N) is 3. The molecule has 3 aliphatic carbocycles. The van der Waals surface area contributed by atoms with Gasteiger partial charge in [0.15, 0.2) is 0 Å². The van der Waals surface area contributed by atoms with Gasteiger partial charge in [-0.1, -0.05) is 19.9 Å². The second-order valence-corrected chi connectivity index (χ2v) is 9.32. The van der Waals surface area contributed by atoms with Gasteiger partial charge < -0.3 is 5.11 Å². The van der Waals surface area contributed by atoms with E-state index in [9.17, 15) is 5.11 Å². The Bertz CT molecular complexity index is 833. The summed E-state index contributed by atoms with van der Waals surface area (Å²) in [6.07, 6.45) is 9.52. The standard InChI is InChI=1S/C22H30N4O/c1-3-13-10-18-14(11-20(13)27)4-6-17-16(18)8-9-22(2)15(5-7-19(17)22)12-21-23-25-26-24-21/h10-11,15-17,19,27H,3-9,12H2,1-2H3,(H,23,24,25,26)/t15-,16?,17?,19?,22-/m1/s1. The molecule has 0 spiro atoms. The quantitative estimate of drug-likeness (QED) is 0.854. The number of benzene rings is 1. The van der Waals surface area contributed by atoms with Crippen molar-refractivity contribution in [1.29, 1.82) is 0 Å². The van der Waals surface area contributed by atoms with Crippen molar-refractivity contribution in [3.05, 3.63) is 34.6 Å². The van der Waals surface area contributed by atoms with Crippen LogP contribution in [0.2, 0.25) is 0 Å². The van der Waals surface area contributed by atoms with Gasteiger partial charge in [0.2, 0.25) is 0 Å². The Labute approximate surface area is 161 Å². The summed E-state index contributed by atoms with van der Waals surface area (Å²) in [6.45, 7) is 4.68. The van der Waals surface area contributed by atoms with Gasteiger partial charge in [-0.05, 0) is 107 Å². The van der Waals surface area contributed by atoms with E-state index in [-0.39, 0.29) is 0 Å². The van der Waals surface area contributed by atoms with Gasteiger partial charge in [-0.15, -0.1) is 5.10 Å². The number of phenolic OH excluding ortho intramolecular Hbond substituents is 1. The number of aromatic amines is 1. The van der Waals surface area contributed by atoms with E-state index in [1.165, 1.54) is 37.7 Å². The Kier molecular flexibility index (Phi) is 4.03. The van der Waals surface area contributed by atoms with Gasteiger partial charge in [0, 0.05) is 6.42 Å². The fourth-order valence-corrected chi connectivity index (χ4v) is 6.88. The number of H-pyrrole nitrogens is 1. The molecule has 2 aromatic rings. The number of aromatic hydroxyl groups is 1. The Balaban J connectivity index is 1.43. The molecule has 0 amide bonds. The van der Waals surface area contributed by atoms with Crippen LogP contribution >= 0.6 is 0 Å². The molecule has 1 aromatic carbocycles. The number of hydrogen-bond acceptors (Lipinski definition) is 4. The number of hydrogen-bond donors (Lipinski definition) is 2. The zero-order valence-electron chi connectivity index (χ0n) is 16.4. The number of rotatable bonds is 3. The third-order valence-corrected chi connectivity index (χ3v) is 8.33. The molecule has 5 atom stereocenters. The average Bonchev–Trinajstić information content (AvgIpc) is 3.29. The molecule has 1 heterocycles. The lowest BCUT2D eigenvalue weighted by molar-refractivity contribution is 0.0279. The van der Waals surface area contributed by atoms with Crippen LogP contribution in [0.4, 0.5) is 0 Å². The maximum atomic E-state index is 10.3. The van der Waals surface area contributed by atoms with Crippen molar-refractivity contribution in [2.24, 2.45) is 23.2 Å². The van der Waals surface area contributed by atoms with Crippen LogP contribution in [0.5, 0.6) is 5.75 Å². The molecule has 27 heavy (non-hydrogen) atoms. The van der Waals surface area contributed by atoms with E-state index in [1.807, 2.05) is 0 Å². The minimum atomic E-state index is 0.413. The fourth-order valence-electron chi connectivity index (χ4n) is 6.88. The van der Waals surface area contributed by atoms with Crippen LogP contribution in [0.3, 0.4) is 0 Å². The molecule has 1 aromatic heterocycles. The molecule has 144 valence electrons. The average molecular weight is 367 g/mol. The lowest BCUT2D eigenvalue weighted by Gasteiger charge is -2.51. The first-order chi connectivity index (χ1) is 13.1. The number of phenols is 1. The summed E-state index contributed by atoms with van der Waals surface area (Å²) in [4.78, 5) is 0. The second-order valence-electron chi connectivity index (χ2n) is 9.32. The molecule has 0 saturated heterocycles. The largest absolute Gasteiger partial charge is 0.508 e. The van der Waals surface area contributed by atoms with Crippen molar-refractivity contribution >= 4 is 0 Å². The van der Waals surface area contributed by atoms with Crippen LogP contribution in [0.25, 0.3) is 0 Å². The van der Waals surface area contributed by atoms with Gasteiger partial charge in [0.05, 0.1) is 0 Å². The first-order valence-electron chi connectivity index (χ1n) is 10.7. The van der Waals surface area contributed by atoms with Gasteiger partial charge >= 0.3 is 0 Å². The summed E-state index contributed by atoms with van der Waals surface area (Å²) in [5.41, 5.74) is 4.48. The molecule has 5 heteroatoms. The number of fused-ring (bicyclic) bond motifs is 5. The van der Waals surface area contributed by atoms with Crippen LogP contribution in [0.15, 0.2) is 12.1 Å². The molecule has 2 saturated carbocycles. The molecule has 5 rings (SSSR count). The summed E-state index contributed by atoms with van der Waals surface area (Å²) in [7, 11) is 0. The van der Waals surface area contributed by atoms with Gasteiger partial charge in [-0.3, -0.25) is 0 Å². The predicted octanol–water partition coefficient (Wildman–Crippen LogP) is 4.18. The number of aryl methyl sites for hydroxylation is 2. The third-order valence-electron chi connectivity index (χ3n) is 8.33. The van der Waals surface area contributed by atoms with E-state index < -0.39 is 0 Å². The highest BCUT2D eigenvalue weighted by Gasteiger charge is 2.54. The highest BCUT2D eigenvalue weighted by molar-refractivity contribution is 5.45. The van der Waals surface area contributed by atoms with E-state index >= 15 is 0 Å². The first kappa shape index (κ1) is 17.2. The Morgan fingerprint density at radius 3 is 2.89 bits per heavy atom. The topological polar surface area (TPSA) is 74.7 Å². The van der Waals surface area contributed by atoms with E-state index in [1.54, 1.807) is 5.56 Å². The minimum absolute atomic E-state index is 0.413. The molecule has 3 unspecified atom stereocenters. The lowest BCUT2D eigenvalue weighted by atomic mass is 9.54. The maximum absolute atomic E-state index is 10.3. The number of aromatic nitrogens is 4. The Hall–Kier alpha value is -1.91. The van der Waals surface area contributed by atoms with E-state index in [4.69, 9.17) is 0 Å². The third kappa shape index (κ3) is 2.61. The van der Waals surface area contributed by atoms with Crippen molar-refractivity contribution in [2.75, 3.05) is 0 Å². The molecule has 5 nitrogen and oxygen atoms in total. The van der Waals surface area contributed by atoms with Crippen molar-refractivity contribution in [3.63, 3.8) is 0 Å². The zero-order valence-corrected chi connectivity index (χ0v) is 16.4. The molecule has 3 aliphatic rings. The predicted molar refractivity (Wildman–Crippen MR) is 103 cm³/mol. The van der Waals surface area contributed by atoms with Crippen LogP contribution in [0, 0.1) is 23.2 Å². The summed E-state index contributed by atoms with van der Waals surface area (Å²) in [6, 6.07) is 4.39. The second kappa shape index (κ2) is 6.32. The molecule has 0 aliphatic heterocycles. The van der Waals surface area contributed by atoms with Gasteiger partial charge in [0.1, 0.15) is 11.6 Å². The summed E-state index contributed by atoms with van der Waals surface area (Å²) in [5.74, 6) is 4.42. The van der Waals surface area contributed by atoms with Crippen molar-refractivity contribution in [2.45, 2.75) is 71.1 Å². The maximum Gasteiger partial charge on any atom is 0.148 e. The van der Waals surface area contributed by atoms with Crippen molar-refractivity contribution < 1.29 is 5.11 Å². The van der Waals surface area contributed by atoms with Gasteiger partial charge in [-0.2, -0.15) is 0 Å². The van der Waals surface area contributed by atoms with E-state index in [2.05, 4.69) is 46.6 Å². The Morgan fingerprint density at radius 1 is 1.22 bits per heavy atom. The zero-order chi connectivity index (χ0) is 18.6. The number of tetrazole rings is 1. The van der Waals surface area contributed by atoms with Crippen LogP contribution < -0.4 is 0 Å². The molecule has 0 radical (unpaired) electrons. The van der Waals surface area contributed by atoms with Gasteiger partial charge in [-0.25, -0.2) is 5.10 Å². The van der Waals surface area contributed by atoms with Crippen molar-refractivity contribution in [1.82, 2.24) is 20.6 Å². The molecular formula is C22H30N4O. The highest BCUT2D eigenvalue weighted by Crippen LogP contribution is 2.63. The minimum Gasteiger partial charge on any atom is -0.508 e. The molecule has 2 N–H and O–H groups in total.